The van der Waals surface area contributed by atoms with Gasteiger partial charge in [-0.25, -0.2) is 0 Å². The zero-order valence-electron chi connectivity index (χ0n) is 8.58. The van der Waals surface area contributed by atoms with Crippen molar-refractivity contribution in [2.45, 2.75) is 19.9 Å². The summed E-state index contributed by atoms with van der Waals surface area (Å²) in [4.78, 5) is 24.3. The Morgan fingerprint density at radius 1 is 1.57 bits per heavy atom. The predicted molar refractivity (Wildman–Crippen MR) is 50.7 cm³/mol. The van der Waals surface area contributed by atoms with Gasteiger partial charge in [-0.3, -0.25) is 9.59 Å². The van der Waals surface area contributed by atoms with Crippen molar-refractivity contribution < 1.29 is 14.3 Å². The fraction of sp³-hybridized carbons (Fsp3) is 0.778. The Morgan fingerprint density at radius 3 is 2.86 bits per heavy atom. The number of carbonyl (C=O) groups is 2. The van der Waals surface area contributed by atoms with Crippen LogP contribution in [0, 0.1) is 0 Å². The third kappa shape index (κ3) is 2.45. The summed E-state index contributed by atoms with van der Waals surface area (Å²) >= 11 is 0. The van der Waals surface area contributed by atoms with Crippen molar-refractivity contribution in [3.8, 4) is 0 Å². The molecule has 0 aliphatic carbocycles. The second-order valence-electron chi connectivity index (χ2n) is 3.20. The molecule has 5 heteroatoms. The van der Waals surface area contributed by atoms with Crippen molar-refractivity contribution in [3.63, 3.8) is 0 Å². The molecule has 0 aromatic rings. The van der Waals surface area contributed by atoms with E-state index >= 15 is 0 Å². The molecule has 1 fully saturated rings. The number of carbonyl (C=O) groups excluding carboxylic acids is 2. The molecule has 0 radical (unpaired) electrons. The second-order valence-corrected chi connectivity index (χ2v) is 3.20. The highest BCUT2D eigenvalue weighted by molar-refractivity contribution is 5.87. The molecule has 1 unspecified atom stereocenters. The van der Waals surface area contributed by atoms with E-state index in [1.54, 1.807) is 4.90 Å². The number of rotatable bonds is 2. The van der Waals surface area contributed by atoms with Gasteiger partial charge in [-0.15, -0.1) is 0 Å². The number of hydrogen-bond donors (Lipinski definition) is 1. The highest BCUT2D eigenvalue weighted by Crippen LogP contribution is 2.07. The SMILES string of the molecule is CCNC(=O)C1COCCN1C(C)=O. The van der Waals surface area contributed by atoms with Crippen molar-refractivity contribution >= 4 is 11.8 Å². The lowest BCUT2D eigenvalue weighted by molar-refractivity contribution is -0.146. The zero-order valence-corrected chi connectivity index (χ0v) is 8.58. The molecule has 1 heterocycles. The number of morpholine rings is 1. The quantitative estimate of drug-likeness (QED) is 0.645. The first kappa shape index (κ1) is 11.0. The van der Waals surface area contributed by atoms with Crippen LogP contribution < -0.4 is 5.32 Å². The van der Waals surface area contributed by atoms with Gasteiger partial charge in [0.15, 0.2) is 0 Å². The topological polar surface area (TPSA) is 58.6 Å². The molecule has 1 rings (SSSR count). The van der Waals surface area contributed by atoms with Gasteiger partial charge in [-0.1, -0.05) is 0 Å². The van der Waals surface area contributed by atoms with Crippen LogP contribution >= 0.6 is 0 Å². The van der Waals surface area contributed by atoms with Gasteiger partial charge in [-0.05, 0) is 6.92 Å². The van der Waals surface area contributed by atoms with E-state index in [0.29, 0.717) is 26.3 Å². The minimum absolute atomic E-state index is 0.0791. The monoisotopic (exact) mass is 200 g/mol. The lowest BCUT2D eigenvalue weighted by atomic mass is 10.2. The molecular weight excluding hydrogens is 184 g/mol. The normalized spacial score (nSPS) is 21.9. The lowest BCUT2D eigenvalue weighted by Crippen LogP contribution is -2.55. The zero-order chi connectivity index (χ0) is 10.6. The molecule has 80 valence electrons. The average Bonchev–Trinajstić information content (AvgIpc) is 2.18. The summed E-state index contributed by atoms with van der Waals surface area (Å²) in [6.45, 7) is 5.19. The summed E-state index contributed by atoms with van der Waals surface area (Å²) in [7, 11) is 0. The molecule has 2 amide bonds. The Kier molecular flexibility index (Phi) is 3.88. The van der Waals surface area contributed by atoms with Crippen LogP contribution in [-0.2, 0) is 14.3 Å². The molecular formula is C9H16N2O3. The number of likely N-dealkylation sites (N-methyl/N-ethyl adjacent to an activating group) is 1. The van der Waals surface area contributed by atoms with Gasteiger partial charge in [0.05, 0.1) is 13.2 Å². The summed E-state index contributed by atoms with van der Waals surface area (Å²) < 4.78 is 5.18. The number of amides is 2. The molecule has 0 aromatic carbocycles. The minimum Gasteiger partial charge on any atom is -0.377 e. The van der Waals surface area contributed by atoms with Crippen LogP contribution in [0.3, 0.4) is 0 Å². The number of nitrogens with one attached hydrogen (secondary N) is 1. The van der Waals surface area contributed by atoms with Gasteiger partial charge in [0.2, 0.25) is 11.8 Å². The standard InChI is InChI=1S/C9H16N2O3/c1-3-10-9(13)8-6-14-5-4-11(8)7(2)12/h8H,3-6H2,1-2H3,(H,10,13). The molecule has 1 aliphatic rings. The van der Waals surface area contributed by atoms with Crippen molar-refractivity contribution in [1.82, 2.24) is 10.2 Å². The average molecular weight is 200 g/mol. The predicted octanol–water partition coefficient (Wildman–Crippen LogP) is -0.630. The lowest BCUT2D eigenvalue weighted by Gasteiger charge is -2.33. The van der Waals surface area contributed by atoms with Gasteiger partial charge in [0, 0.05) is 20.0 Å². The van der Waals surface area contributed by atoms with E-state index < -0.39 is 6.04 Å². The number of hydrogen-bond acceptors (Lipinski definition) is 3. The van der Waals surface area contributed by atoms with Crippen LogP contribution in [0.2, 0.25) is 0 Å². The van der Waals surface area contributed by atoms with E-state index in [1.165, 1.54) is 6.92 Å². The van der Waals surface area contributed by atoms with E-state index in [2.05, 4.69) is 5.32 Å². The van der Waals surface area contributed by atoms with Crippen LogP contribution in [-0.4, -0.2) is 49.1 Å². The summed E-state index contributed by atoms with van der Waals surface area (Å²) in [5.41, 5.74) is 0. The Labute approximate surface area is 83.4 Å². The van der Waals surface area contributed by atoms with E-state index in [4.69, 9.17) is 4.74 Å². The third-order valence-corrected chi connectivity index (χ3v) is 2.19. The highest BCUT2D eigenvalue weighted by Gasteiger charge is 2.30. The summed E-state index contributed by atoms with van der Waals surface area (Å²) in [5.74, 6) is -0.216. The van der Waals surface area contributed by atoms with Crippen LogP contribution in [0.1, 0.15) is 13.8 Å². The summed E-state index contributed by atoms with van der Waals surface area (Å²) in [6, 6.07) is -0.457. The maximum atomic E-state index is 11.5. The van der Waals surface area contributed by atoms with E-state index in [-0.39, 0.29) is 11.8 Å². The highest BCUT2D eigenvalue weighted by atomic mass is 16.5. The molecule has 5 nitrogen and oxygen atoms in total. The largest absolute Gasteiger partial charge is 0.377 e. The minimum atomic E-state index is -0.457. The smallest absolute Gasteiger partial charge is 0.245 e. The molecule has 1 N–H and O–H groups in total. The molecule has 0 saturated carbocycles. The van der Waals surface area contributed by atoms with E-state index in [9.17, 15) is 9.59 Å². The third-order valence-electron chi connectivity index (χ3n) is 2.19. The fourth-order valence-electron chi connectivity index (χ4n) is 1.49. The van der Waals surface area contributed by atoms with E-state index in [1.807, 2.05) is 6.92 Å². The molecule has 0 bridgehead atoms. The van der Waals surface area contributed by atoms with Crippen molar-refractivity contribution in [2.75, 3.05) is 26.3 Å². The maximum absolute atomic E-state index is 11.5. The molecule has 0 aromatic heterocycles. The van der Waals surface area contributed by atoms with Gasteiger partial charge in [-0.2, -0.15) is 0 Å². The maximum Gasteiger partial charge on any atom is 0.245 e. The van der Waals surface area contributed by atoms with Crippen molar-refractivity contribution in [3.05, 3.63) is 0 Å². The number of ether oxygens (including phenoxy) is 1. The van der Waals surface area contributed by atoms with Crippen LogP contribution in [0.4, 0.5) is 0 Å². The first-order chi connectivity index (χ1) is 6.66. The molecule has 14 heavy (non-hydrogen) atoms. The van der Waals surface area contributed by atoms with Gasteiger partial charge in [0.1, 0.15) is 6.04 Å². The molecule has 1 aliphatic heterocycles. The molecule has 0 spiro atoms. The second kappa shape index (κ2) is 4.95. The molecule has 1 atom stereocenters. The van der Waals surface area contributed by atoms with E-state index in [0.717, 1.165) is 0 Å². The van der Waals surface area contributed by atoms with Crippen LogP contribution in [0.5, 0.6) is 0 Å². The van der Waals surface area contributed by atoms with Gasteiger partial charge < -0.3 is 15.0 Å². The first-order valence-corrected chi connectivity index (χ1v) is 4.79. The van der Waals surface area contributed by atoms with Crippen molar-refractivity contribution in [1.29, 1.82) is 0 Å². The Morgan fingerprint density at radius 2 is 2.29 bits per heavy atom. The fourth-order valence-corrected chi connectivity index (χ4v) is 1.49. The van der Waals surface area contributed by atoms with Crippen molar-refractivity contribution in [2.24, 2.45) is 0 Å². The van der Waals surface area contributed by atoms with Gasteiger partial charge >= 0.3 is 0 Å². The van der Waals surface area contributed by atoms with Gasteiger partial charge in [0.25, 0.3) is 0 Å². The molecule has 1 saturated heterocycles. The number of nitrogens with zero attached hydrogens (tertiary/aromatic N) is 1. The Balaban J connectivity index is 2.62. The summed E-state index contributed by atoms with van der Waals surface area (Å²) in [6.07, 6.45) is 0. The van der Waals surface area contributed by atoms with Crippen LogP contribution in [0.15, 0.2) is 0 Å². The Bertz CT molecular complexity index is 230. The Hall–Kier alpha value is -1.10. The first-order valence-electron chi connectivity index (χ1n) is 4.79. The van der Waals surface area contributed by atoms with Crippen LogP contribution in [0.25, 0.3) is 0 Å². The summed E-state index contributed by atoms with van der Waals surface area (Å²) in [5, 5.41) is 2.69.